The van der Waals surface area contributed by atoms with Gasteiger partial charge in [-0.15, -0.1) is 0 Å². The van der Waals surface area contributed by atoms with Gasteiger partial charge in [0.25, 0.3) is 5.91 Å². The average Bonchev–Trinajstić information content (AvgIpc) is 3.13. The predicted octanol–water partition coefficient (Wildman–Crippen LogP) is 3.95. The largest absolute Gasteiger partial charge is 0.496 e. The first-order valence-electron chi connectivity index (χ1n) is 10.3. The molecule has 0 radical (unpaired) electrons. The van der Waals surface area contributed by atoms with Gasteiger partial charge in [0, 0.05) is 6.54 Å². The van der Waals surface area contributed by atoms with Crippen LogP contribution in [0.15, 0.2) is 48.5 Å². The van der Waals surface area contributed by atoms with E-state index in [2.05, 4.69) is 22.5 Å². The average molecular weight is 441 g/mol. The summed E-state index contributed by atoms with van der Waals surface area (Å²) < 4.78 is 7.28. The van der Waals surface area contributed by atoms with Crippen molar-refractivity contribution in [3.63, 3.8) is 0 Å². The van der Waals surface area contributed by atoms with Crippen molar-refractivity contribution in [1.82, 2.24) is 14.9 Å². The number of rotatable bonds is 10. The van der Waals surface area contributed by atoms with Crippen LogP contribution in [0.25, 0.3) is 11.0 Å². The molecule has 2 amide bonds. The zero-order valence-electron chi connectivity index (χ0n) is 18.1. The molecule has 1 aromatic heterocycles. The summed E-state index contributed by atoms with van der Waals surface area (Å²) in [4.78, 5) is 30.6. The van der Waals surface area contributed by atoms with Crippen LogP contribution in [-0.4, -0.2) is 46.5 Å². The molecule has 164 valence electrons. The van der Waals surface area contributed by atoms with Crippen molar-refractivity contribution in [3.05, 3.63) is 54.1 Å². The quantitative estimate of drug-likeness (QED) is 0.499. The second kappa shape index (κ2) is 10.9. The number of aryl methyl sites for hydroxylation is 1. The summed E-state index contributed by atoms with van der Waals surface area (Å²) in [6.07, 6.45) is 3.38. The van der Waals surface area contributed by atoms with Crippen LogP contribution in [-0.2, 0) is 11.3 Å². The molecule has 1 heterocycles. The van der Waals surface area contributed by atoms with Crippen molar-refractivity contribution in [2.75, 3.05) is 24.4 Å². The molecular formula is C23H28N4O3S. The van der Waals surface area contributed by atoms with E-state index in [1.807, 2.05) is 35.1 Å². The zero-order chi connectivity index (χ0) is 22.2. The van der Waals surface area contributed by atoms with E-state index in [9.17, 15) is 9.59 Å². The van der Waals surface area contributed by atoms with Crippen LogP contribution in [0.4, 0.5) is 5.95 Å². The molecule has 3 aromatic rings. The number of imidazole rings is 1. The molecule has 0 spiro atoms. The standard InChI is InChI=1S/C23H28N4O3S/c1-4-14-27-19-11-7-6-10-17(19)25-23(27)26-22(29)18(13-15-31-3)24-21(28)16-9-5-8-12-20(16)30-2/h5-12,18H,4,13-15H2,1-3H3,(H,24,28)(H,25,26,29). The highest BCUT2D eigenvalue weighted by atomic mass is 32.2. The number of para-hydroxylation sites is 3. The lowest BCUT2D eigenvalue weighted by molar-refractivity contribution is -0.118. The lowest BCUT2D eigenvalue weighted by Crippen LogP contribution is -2.44. The summed E-state index contributed by atoms with van der Waals surface area (Å²) in [7, 11) is 1.52. The Balaban J connectivity index is 1.82. The summed E-state index contributed by atoms with van der Waals surface area (Å²) in [5.74, 6) is 1.06. The van der Waals surface area contributed by atoms with E-state index >= 15 is 0 Å². The minimum atomic E-state index is -0.695. The van der Waals surface area contributed by atoms with Crippen molar-refractivity contribution >= 4 is 40.6 Å². The highest BCUT2D eigenvalue weighted by Gasteiger charge is 2.24. The molecule has 7 nitrogen and oxygen atoms in total. The summed E-state index contributed by atoms with van der Waals surface area (Å²) in [6, 6.07) is 14.1. The maximum Gasteiger partial charge on any atom is 0.255 e. The number of benzene rings is 2. The maximum absolute atomic E-state index is 13.2. The normalized spacial score (nSPS) is 11.8. The lowest BCUT2D eigenvalue weighted by atomic mass is 10.1. The summed E-state index contributed by atoms with van der Waals surface area (Å²) in [5.41, 5.74) is 2.19. The van der Waals surface area contributed by atoms with Gasteiger partial charge in [0.15, 0.2) is 0 Å². The van der Waals surface area contributed by atoms with E-state index < -0.39 is 6.04 Å². The van der Waals surface area contributed by atoms with Crippen LogP contribution in [0.2, 0.25) is 0 Å². The topological polar surface area (TPSA) is 85.2 Å². The van der Waals surface area contributed by atoms with Crippen LogP contribution < -0.4 is 15.4 Å². The Labute approximate surface area is 186 Å². The van der Waals surface area contributed by atoms with Gasteiger partial charge in [0.05, 0.1) is 23.7 Å². The molecule has 0 aliphatic carbocycles. The third-order valence-electron chi connectivity index (χ3n) is 4.92. The first-order valence-corrected chi connectivity index (χ1v) is 11.7. The maximum atomic E-state index is 13.2. The monoisotopic (exact) mass is 440 g/mol. The van der Waals surface area contributed by atoms with Gasteiger partial charge in [-0.2, -0.15) is 11.8 Å². The summed E-state index contributed by atoms with van der Waals surface area (Å²) >= 11 is 1.62. The number of amides is 2. The van der Waals surface area contributed by atoms with Crippen molar-refractivity contribution in [2.24, 2.45) is 0 Å². The van der Waals surface area contributed by atoms with Crippen molar-refractivity contribution < 1.29 is 14.3 Å². The van der Waals surface area contributed by atoms with Crippen LogP contribution in [0.5, 0.6) is 5.75 Å². The fourth-order valence-corrected chi connectivity index (χ4v) is 3.86. The van der Waals surface area contributed by atoms with Gasteiger partial charge >= 0.3 is 0 Å². The Kier molecular flexibility index (Phi) is 7.94. The number of thioether (sulfide) groups is 1. The van der Waals surface area contributed by atoms with Crippen LogP contribution in [0.3, 0.4) is 0 Å². The van der Waals surface area contributed by atoms with E-state index in [0.29, 0.717) is 23.7 Å². The first kappa shape index (κ1) is 22.7. The minimum Gasteiger partial charge on any atom is -0.496 e. The highest BCUT2D eigenvalue weighted by Crippen LogP contribution is 2.21. The van der Waals surface area contributed by atoms with Crippen LogP contribution in [0, 0.1) is 0 Å². The third kappa shape index (κ3) is 5.38. The molecule has 1 unspecified atom stereocenters. The minimum absolute atomic E-state index is 0.287. The van der Waals surface area contributed by atoms with Gasteiger partial charge in [0.1, 0.15) is 11.8 Å². The number of hydrogen-bond donors (Lipinski definition) is 2. The Morgan fingerprint density at radius 2 is 1.90 bits per heavy atom. The Morgan fingerprint density at radius 3 is 2.65 bits per heavy atom. The summed E-state index contributed by atoms with van der Waals surface area (Å²) in [5, 5.41) is 5.80. The van der Waals surface area contributed by atoms with E-state index in [0.717, 1.165) is 29.8 Å². The molecular weight excluding hydrogens is 412 g/mol. The molecule has 2 aromatic carbocycles. The Hall–Kier alpha value is -3.00. The number of hydrogen-bond acceptors (Lipinski definition) is 5. The molecule has 0 bridgehead atoms. The van der Waals surface area contributed by atoms with E-state index in [1.165, 1.54) is 7.11 Å². The fourth-order valence-electron chi connectivity index (χ4n) is 3.39. The molecule has 0 aliphatic rings. The molecule has 2 N–H and O–H groups in total. The number of ether oxygens (including phenoxy) is 1. The van der Waals surface area contributed by atoms with Crippen molar-refractivity contribution in [1.29, 1.82) is 0 Å². The van der Waals surface area contributed by atoms with Gasteiger partial charge < -0.3 is 14.6 Å². The van der Waals surface area contributed by atoms with Gasteiger partial charge in [-0.05, 0) is 49.1 Å². The van der Waals surface area contributed by atoms with E-state index in [4.69, 9.17) is 4.74 Å². The Bertz CT molecular complexity index is 1050. The van der Waals surface area contributed by atoms with E-state index in [1.54, 1.807) is 36.0 Å². The molecule has 0 fully saturated rings. The summed E-state index contributed by atoms with van der Waals surface area (Å²) in [6.45, 7) is 2.81. The number of anilines is 1. The molecule has 3 rings (SSSR count). The molecule has 1 atom stereocenters. The number of nitrogens with one attached hydrogen (secondary N) is 2. The highest BCUT2D eigenvalue weighted by molar-refractivity contribution is 7.98. The Morgan fingerprint density at radius 1 is 1.16 bits per heavy atom. The van der Waals surface area contributed by atoms with Crippen molar-refractivity contribution in [3.8, 4) is 5.75 Å². The number of fused-ring (bicyclic) bond motifs is 1. The third-order valence-corrected chi connectivity index (χ3v) is 5.56. The van der Waals surface area contributed by atoms with Crippen molar-refractivity contribution in [2.45, 2.75) is 32.4 Å². The predicted molar refractivity (Wildman–Crippen MR) is 126 cm³/mol. The van der Waals surface area contributed by atoms with Crippen LogP contribution >= 0.6 is 11.8 Å². The molecule has 0 aliphatic heterocycles. The van der Waals surface area contributed by atoms with Crippen LogP contribution in [0.1, 0.15) is 30.1 Å². The smallest absolute Gasteiger partial charge is 0.255 e. The van der Waals surface area contributed by atoms with Gasteiger partial charge in [-0.1, -0.05) is 31.2 Å². The number of aromatic nitrogens is 2. The molecule has 0 saturated heterocycles. The van der Waals surface area contributed by atoms with Gasteiger partial charge in [-0.3, -0.25) is 14.9 Å². The SMILES string of the molecule is CCCn1c(NC(=O)C(CCSC)NC(=O)c2ccccc2OC)nc2ccccc21. The number of carbonyl (C=O) groups is 2. The zero-order valence-corrected chi connectivity index (χ0v) is 18.9. The number of nitrogens with zero attached hydrogens (tertiary/aromatic N) is 2. The van der Waals surface area contributed by atoms with Gasteiger partial charge in [0.2, 0.25) is 11.9 Å². The molecule has 0 saturated carbocycles. The fraction of sp³-hybridized carbons (Fsp3) is 0.348. The number of carbonyl (C=O) groups excluding carboxylic acids is 2. The second-order valence-electron chi connectivity index (χ2n) is 7.07. The van der Waals surface area contributed by atoms with E-state index in [-0.39, 0.29) is 11.8 Å². The molecule has 31 heavy (non-hydrogen) atoms. The number of methoxy groups -OCH3 is 1. The first-order chi connectivity index (χ1) is 15.1. The molecule has 8 heteroatoms. The lowest BCUT2D eigenvalue weighted by Gasteiger charge is -2.19. The second-order valence-corrected chi connectivity index (χ2v) is 8.06. The van der Waals surface area contributed by atoms with Gasteiger partial charge in [-0.25, -0.2) is 4.98 Å².